The van der Waals surface area contributed by atoms with Gasteiger partial charge in [0.05, 0.1) is 6.04 Å². The molecule has 2 heterocycles. The van der Waals surface area contributed by atoms with E-state index in [1.165, 1.54) is 32.4 Å². The van der Waals surface area contributed by atoms with E-state index in [-0.39, 0.29) is 6.04 Å². The lowest BCUT2D eigenvalue weighted by atomic mass is 10.1. The third-order valence-corrected chi connectivity index (χ3v) is 3.77. The molecule has 0 radical (unpaired) electrons. The van der Waals surface area contributed by atoms with Gasteiger partial charge in [-0.3, -0.25) is 0 Å². The first-order valence-electron chi connectivity index (χ1n) is 6.46. The SMILES string of the molecule is CC(NCCN1CCCCC1)c1ccc(Br)o1. The number of furan rings is 1. The molecule has 1 aromatic rings. The average molecular weight is 301 g/mol. The Morgan fingerprint density at radius 1 is 1.35 bits per heavy atom. The summed E-state index contributed by atoms with van der Waals surface area (Å²) in [5.74, 6) is 0.996. The molecule has 0 saturated carbocycles. The molecule has 0 aliphatic carbocycles. The average Bonchev–Trinajstić information content (AvgIpc) is 2.77. The smallest absolute Gasteiger partial charge is 0.169 e. The number of nitrogens with zero attached hydrogens (tertiary/aromatic N) is 1. The summed E-state index contributed by atoms with van der Waals surface area (Å²) < 4.78 is 6.33. The van der Waals surface area contributed by atoms with E-state index in [0.717, 1.165) is 23.5 Å². The molecule has 1 N–H and O–H groups in total. The third kappa shape index (κ3) is 4.12. The van der Waals surface area contributed by atoms with Crippen LogP contribution in [-0.4, -0.2) is 31.1 Å². The molecule has 1 fully saturated rings. The van der Waals surface area contributed by atoms with Gasteiger partial charge in [0.1, 0.15) is 5.76 Å². The van der Waals surface area contributed by atoms with Gasteiger partial charge in [-0.1, -0.05) is 6.42 Å². The number of nitrogens with one attached hydrogen (secondary N) is 1. The van der Waals surface area contributed by atoms with Gasteiger partial charge in [0.25, 0.3) is 0 Å². The van der Waals surface area contributed by atoms with E-state index in [0.29, 0.717) is 0 Å². The van der Waals surface area contributed by atoms with Crippen molar-refractivity contribution in [3.8, 4) is 0 Å². The van der Waals surface area contributed by atoms with Crippen molar-refractivity contribution in [3.05, 3.63) is 22.6 Å². The van der Waals surface area contributed by atoms with Gasteiger partial charge in [0, 0.05) is 13.1 Å². The molecule has 3 nitrogen and oxygen atoms in total. The minimum absolute atomic E-state index is 0.283. The number of halogens is 1. The van der Waals surface area contributed by atoms with Crippen LogP contribution in [0, 0.1) is 0 Å². The summed E-state index contributed by atoms with van der Waals surface area (Å²) >= 11 is 3.33. The summed E-state index contributed by atoms with van der Waals surface area (Å²) in [6.07, 6.45) is 4.13. The Balaban J connectivity index is 1.67. The molecule has 1 saturated heterocycles. The summed E-state index contributed by atoms with van der Waals surface area (Å²) in [5.41, 5.74) is 0. The highest BCUT2D eigenvalue weighted by Crippen LogP contribution is 2.19. The first kappa shape index (κ1) is 13.1. The molecule has 1 unspecified atom stereocenters. The van der Waals surface area contributed by atoms with Crippen molar-refractivity contribution in [2.75, 3.05) is 26.2 Å². The minimum Gasteiger partial charge on any atom is -0.453 e. The number of hydrogen-bond acceptors (Lipinski definition) is 3. The largest absolute Gasteiger partial charge is 0.453 e. The van der Waals surface area contributed by atoms with Gasteiger partial charge < -0.3 is 14.6 Å². The number of hydrogen-bond donors (Lipinski definition) is 1. The van der Waals surface area contributed by atoms with Gasteiger partial charge in [-0.25, -0.2) is 0 Å². The van der Waals surface area contributed by atoms with Gasteiger partial charge in [-0.15, -0.1) is 0 Å². The molecule has 0 aromatic carbocycles. The molecular weight excluding hydrogens is 280 g/mol. The molecular formula is C13H21BrN2O. The first-order chi connectivity index (χ1) is 8.25. The van der Waals surface area contributed by atoms with Crippen molar-refractivity contribution in [1.82, 2.24) is 10.2 Å². The van der Waals surface area contributed by atoms with Gasteiger partial charge in [-0.2, -0.15) is 0 Å². The summed E-state index contributed by atoms with van der Waals surface area (Å²) in [6, 6.07) is 4.24. The normalized spacial score (nSPS) is 19.4. The van der Waals surface area contributed by atoms with Crippen LogP contribution in [0.5, 0.6) is 0 Å². The summed E-state index contributed by atoms with van der Waals surface area (Å²) in [7, 11) is 0. The van der Waals surface area contributed by atoms with Crippen LogP contribution < -0.4 is 5.32 Å². The summed E-state index contributed by atoms with van der Waals surface area (Å²) in [6.45, 7) is 6.85. The highest BCUT2D eigenvalue weighted by atomic mass is 79.9. The zero-order valence-corrected chi connectivity index (χ0v) is 12.0. The zero-order chi connectivity index (χ0) is 12.1. The third-order valence-electron chi connectivity index (χ3n) is 3.35. The Labute approximate surface area is 112 Å². The van der Waals surface area contributed by atoms with Crippen LogP contribution >= 0.6 is 15.9 Å². The maximum absolute atomic E-state index is 5.53. The van der Waals surface area contributed by atoms with Gasteiger partial charge >= 0.3 is 0 Å². The Bertz CT molecular complexity index is 334. The Morgan fingerprint density at radius 3 is 2.76 bits per heavy atom. The van der Waals surface area contributed by atoms with Crippen molar-refractivity contribution < 1.29 is 4.42 Å². The van der Waals surface area contributed by atoms with Crippen LogP contribution in [0.15, 0.2) is 21.2 Å². The van der Waals surface area contributed by atoms with E-state index in [1.54, 1.807) is 0 Å². The number of rotatable bonds is 5. The van der Waals surface area contributed by atoms with E-state index in [2.05, 4.69) is 33.1 Å². The van der Waals surface area contributed by atoms with Crippen LogP contribution in [0.3, 0.4) is 0 Å². The molecule has 0 spiro atoms. The van der Waals surface area contributed by atoms with Crippen LogP contribution in [0.25, 0.3) is 0 Å². The predicted octanol–water partition coefficient (Wildman–Crippen LogP) is 3.18. The Kier molecular flexibility index (Phi) is 5.07. The Hall–Kier alpha value is -0.320. The van der Waals surface area contributed by atoms with E-state index in [1.807, 2.05) is 12.1 Å². The van der Waals surface area contributed by atoms with Crippen LogP contribution in [0.1, 0.15) is 38.0 Å². The van der Waals surface area contributed by atoms with Crippen LogP contribution in [0.2, 0.25) is 0 Å². The lowest BCUT2D eigenvalue weighted by Crippen LogP contribution is -2.36. The lowest BCUT2D eigenvalue weighted by molar-refractivity contribution is 0.225. The first-order valence-corrected chi connectivity index (χ1v) is 7.26. The van der Waals surface area contributed by atoms with Gasteiger partial charge in [0.2, 0.25) is 0 Å². The molecule has 4 heteroatoms. The molecule has 1 aromatic heterocycles. The quantitative estimate of drug-likeness (QED) is 0.905. The van der Waals surface area contributed by atoms with Gasteiger partial charge in [-0.05, 0) is 60.9 Å². The standard InChI is InChI=1S/C13H21BrN2O/c1-11(12-5-6-13(14)17-12)15-7-10-16-8-3-2-4-9-16/h5-6,11,15H,2-4,7-10H2,1H3. The molecule has 1 atom stereocenters. The van der Waals surface area contributed by atoms with Crippen molar-refractivity contribution >= 4 is 15.9 Å². The van der Waals surface area contributed by atoms with Crippen LogP contribution in [-0.2, 0) is 0 Å². The zero-order valence-electron chi connectivity index (χ0n) is 10.4. The summed E-state index contributed by atoms with van der Waals surface area (Å²) in [5, 5.41) is 3.50. The molecule has 1 aliphatic rings. The highest BCUT2D eigenvalue weighted by Gasteiger charge is 2.12. The molecule has 2 rings (SSSR count). The fourth-order valence-electron chi connectivity index (χ4n) is 2.28. The molecule has 17 heavy (non-hydrogen) atoms. The Morgan fingerprint density at radius 2 is 2.12 bits per heavy atom. The highest BCUT2D eigenvalue weighted by molar-refractivity contribution is 9.10. The monoisotopic (exact) mass is 300 g/mol. The fourth-order valence-corrected chi connectivity index (χ4v) is 2.60. The molecule has 96 valence electrons. The van der Waals surface area contributed by atoms with Crippen LogP contribution in [0.4, 0.5) is 0 Å². The topological polar surface area (TPSA) is 28.4 Å². The maximum atomic E-state index is 5.53. The van der Waals surface area contributed by atoms with Gasteiger partial charge in [0.15, 0.2) is 4.67 Å². The van der Waals surface area contributed by atoms with E-state index in [4.69, 9.17) is 4.42 Å². The second-order valence-electron chi connectivity index (χ2n) is 4.72. The van der Waals surface area contributed by atoms with Crippen molar-refractivity contribution in [2.45, 2.75) is 32.2 Å². The van der Waals surface area contributed by atoms with E-state index < -0.39 is 0 Å². The van der Waals surface area contributed by atoms with Crippen molar-refractivity contribution in [3.63, 3.8) is 0 Å². The number of piperidine rings is 1. The molecule has 0 amide bonds. The predicted molar refractivity (Wildman–Crippen MR) is 73.1 cm³/mol. The van der Waals surface area contributed by atoms with E-state index >= 15 is 0 Å². The maximum Gasteiger partial charge on any atom is 0.169 e. The summed E-state index contributed by atoms with van der Waals surface area (Å²) in [4.78, 5) is 2.54. The number of likely N-dealkylation sites (tertiary alicyclic amines) is 1. The van der Waals surface area contributed by atoms with Crippen molar-refractivity contribution in [1.29, 1.82) is 0 Å². The minimum atomic E-state index is 0.283. The van der Waals surface area contributed by atoms with Crippen molar-refractivity contribution in [2.24, 2.45) is 0 Å². The molecule has 0 bridgehead atoms. The second-order valence-corrected chi connectivity index (χ2v) is 5.50. The van der Waals surface area contributed by atoms with E-state index in [9.17, 15) is 0 Å². The second kappa shape index (κ2) is 6.57. The fraction of sp³-hybridized carbons (Fsp3) is 0.692. The molecule has 1 aliphatic heterocycles. The lowest BCUT2D eigenvalue weighted by Gasteiger charge is -2.26.